The van der Waals surface area contributed by atoms with Crippen molar-refractivity contribution in [2.75, 3.05) is 11.0 Å². The van der Waals surface area contributed by atoms with Gasteiger partial charge in [-0.2, -0.15) is 0 Å². The van der Waals surface area contributed by atoms with Crippen molar-refractivity contribution in [2.45, 2.75) is 25.4 Å². The Morgan fingerprint density at radius 2 is 1.94 bits per heavy atom. The van der Waals surface area contributed by atoms with E-state index < -0.39 is 16.1 Å². The van der Waals surface area contributed by atoms with E-state index >= 15 is 0 Å². The summed E-state index contributed by atoms with van der Waals surface area (Å²) in [6.07, 6.45) is 3.40. The number of nitrogens with one attached hydrogen (secondary N) is 1. The molecular weight excluding hydrogens is 452 g/mol. The van der Waals surface area contributed by atoms with Crippen molar-refractivity contribution < 1.29 is 23.1 Å². The van der Waals surface area contributed by atoms with Crippen molar-refractivity contribution in [3.8, 4) is 11.5 Å². The third kappa shape index (κ3) is 4.93. The van der Waals surface area contributed by atoms with Crippen LogP contribution >= 0.6 is 11.6 Å². The van der Waals surface area contributed by atoms with Crippen molar-refractivity contribution in [1.82, 2.24) is 4.98 Å². The van der Waals surface area contributed by atoms with E-state index in [4.69, 9.17) is 16.3 Å². The maximum atomic E-state index is 12.2. The highest BCUT2D eigenvalue weighted by Crippen LogP contribution is 2.38. The van der Waals surface area contributed by atoms with Crippen LogP contribution in [0.1, 0.15) is 30.9 Å². The van der Waals surface area contributed by atoms with Crippen molar-refractivity contribution in [3.63, 3.8) is 0 Å². The fourth-order valence-electron chi connectivity index (χ4n) is 3.58. The lowest BCUT2D eigenvalue weighted by Crippen LogP contribution is -2.15. The number of aliphatic hydroxyl groups is 1. The third-order valence-electron chi connectivity index (χ3n) is 5.05. The Morgan fingerprint density at radius 1 is 1.19 bits per heavy atom. The van der Waals surface area contributed by atoms with Crippen LogP contribution in [0, 0.1) is 0 Å². The summed E-state index contributed by atoms with van der Waals surface area (Å²) in [5, 5.41) is 11.4. The minimum absolute atomic E-state index is 0.0544. The summed E-state index contributed by atoms with van der Waals surface area (Å²) in [5.74, 6) is 0.645. The van der Waals surface area contributed by atoms with Crippen LogP contribution in [0.4, 0.5) is 5.69 Å². The van der Waals surface area contributed by atoms with Gasteiger partial charge in [-0.25, -0.2) is 13.4 Å². The number of ketones is 1. The molecule has 1 atom stereocenters. The molecule has 9 heteroatoms. The monoisotopic (exact) mass is 472 g/mol. The number of benzene rings is 2. The number of hydrogen-bond acceptors (Lipinski definition) is 6. The van der Waals surface area contributed by atoms with E-state index in [0.29, 0.717) is 35.1 Å². The molecule has 3 aromatic rings. The van der Waals surface area contributed by atoms with E-state index in [9.17, 15) is 18.3 Å². The molecule has 0 radical (unpaired) electrons. The smallest absolute Gasteiger partial charge is 0.229 e. The molecular formula is C23H21ClN2O5S. The molecule has 0 aliphatic heterocycles. The zero-order valence-electron chi connectivity index (χ0n) is 17.2. The number of para-hydroxylation sites is 1. The second-order valence-electron chi connectivity index (χ2n) is 7.58. The standard InChI is InChI=1S/C23H21ClN2O5S/c1-32(29,30)26-19-12-14-11-17(22(28)16-9-5-6-10-20(16)27)23(24)25-18(14)13-21(19)31-15-7-3-2-4-8-15/h2-4,7-9,11-13,22,26,28H,5-6,10H2,1H3. The largest absolute Gasteiger partial charge is 0.455 e. The van der Waals surface area contributed by atoms with Gasteiger partial charge < -0.3 is 9.84 Å². The fraction of sp³-hybridized carbons (Fsp3) is 0.217. The highest BCUT2D eigenvalue weighted by Gasteiger charge is 2.25. The number of carbonyl (C=O) groups is 1. The maximum absolute atomic E-state index is 12.2. The number of carbonyl (C=O) groups excluding carboxylic acids is 1. The number of hydrogen-bond donors (Lipinski definition) is 2. The van der Waals surface area contributed by atoms with Gasteiger partial charge in [0.25, 0.3) is 0 Å². The Morgan fingerprint density at radius 3 is 2.62 bits per heavy atom. The van der Waals surface area contributed by atoms with Gasteiger partial charge in [0.15, 0.2) is 11.5 Å². The lowest BCUT2D eigenvalue weighted by Gasteiger charge is -2.19. The molecule has 2 aromatic carbocycles. The molecule has 7 nitrogen and oxygen atoms in total. The number of aromatic nitrogens is 1. The molecule has 166 valence electrons. The summed E-state index contributed by atoms with van der Waals surface area (Å²) in [5.41, 5.74) is 1.24. The number of rotatable bonds is 6. The van der Waals surface area contributed by atoms with Crippen molar-refractivity contribution in [1.29, 1.82) is 0 Å². The lowest BCUT2D eigenvalue weighted by atomic mass is 9.91. The van der Waals surface area contributed by atoms with Crippen LogP contribution in [-0.4, -0.2) is 30.5 Å². The molecule has 32 heavy (non-hydrogen) atoms. The van der Waals surface area contributed by atoms with Crippen molar-refractivity contribution >= 4 is 44.0 Å². The van der Waals surface area contributed by atoms with Gasteiger partial charge >= 0.3 is 0 Å². The van der Waals surface area contributed by atoms with Gasteiger partial charge in [0, 0.05) is 29.0 Å². The number of halogens is 1. The Labute approximate surface area is 190 Å². The quantitative estimate of drug-likeness (QED) is 0.501. The summed E-state index contributed by atoms with van der Waals surface area (Å²) in [6.45, 7) is 0. The van der Waals surface area contributed by atoms with Crippen LogP contribution in [0.3, 0.4) is 0 Å². The Kier molecular flexibility index (Phi) is 6.19. The second kappa shape index (κ2) is 8.90. The number of nitrogens with zero attached hydrogens (tertiary/aromatic N) is 1. The van der Waals surface area contributed by atoms with E-state index in [1.165, 1.54) is 0 Å². The zero-order chi connectivity index (χ0) is 22.9. The SMILES string of the molecule is CS(=O)(=O)Nc1cc2cc(C(O)C3=CCCCC3=O)c(Cl)nc2cc1Oc1ccccc1. The number of Topliss-reactive ketones (excluding diaryl/α,β-unsaturated/α-hetero) is 1. The Hall–Kier alpha value is -2.94. The first kappa shape index (κ1) is 22.3. The van der Waals surface area contributed by atoms with Gasteiger partial charge in [-0.3, -0.25) is 9.52 Å². The Bertz CT molecular complexity index is 1320. The average Bonchev–Trinajstić information content (AvgIpc) is 2.74. The zero-order valence-corrected chi connectivity index (χ0v) is 18.8. The molecule has 2 N–H and O–H groups in total. The maximum Gasteiger partial charge on any atom is 0.229 e. The summed E-state index contributed by atoms with van der Waals surface area (Å²) in [4.78, 5) is 16.6. The van der Waals surface area contributed by atoms with Crippen molar-refractivity contribution in [2.24, 2.45) is 0 Å². The number of fused-ring (bicyclic) bond motifs is 1. The Balaban J connectivity index is 1.81. The molecule has 1 heterocycles. The van der Waals surface area contributed by atoms with Gasteiger partial charge in [0.2, 0.25) is 10.0 Å². The fourth-order valence-corrected chi connectivity index (χ4v) is 4.38. The molecule has 0 spiro atoms. The van der Waals surface area contributed by atoms with Crippen LogP contribution in [0.5, 0.6) is 11.5 Å². The van der Waals surface area contributed by atoms with Crippen LogP contribution in [0.2, 0.25) is 5.15 Å². The van der Waals surface area contributed by atoms with Gasteiger partial charge in [-0.15, -0.1) is 0 Å². The number of ether oxygens (including phenoxy) is 1. The van der Waals surface area contributed by atoms with Gasteiger partial charge in [-0.1, -0.05) is 35.9 Å². The third-order valence-corrected chi connectivity index (χ3v) is 5.94. The van der Waals surface area contributed by atoms with Gasteiger partial charge in [0.1, 0.15) is 17.0 Å². The van der Waals surface area contributed by atoms with E-state index in [0.717, 1.165) is 12.7 Å². The molecule has 1 aliphatic carbocycles. The highest BCUT2D eigenvalue weighted by atomic mass is 35.5. The van der Waals surface area contributed by atoms with E-state index in [2.05, 4.69) is 9.71 Å². The average molecular weight is 473 g/mol. The van der Waals surface area contributed by atoms with Crippen LogP contribution in [-0.2, 0) is 14.8 Å². The number of pyridine rings is 1. The number of aliphatic hydroxyl groups excluding tert-OH is 1. The molecule has 1 aliphatic rings. The number of allylic oxidation sites excluding steroid dienone is 1. The molecule has 4 rings (SSSR count). The summed E-state index contributed by atoms with van der Waals surface area (Å²) >= 11 is 6.36. The highest BCUT2D eigenvalue weighted by molar-refractivity contribution is 7.92. The minimum Gasteiger partial charge on any atom is -0.455 e. The van der Waals surface area contributed by atoms with Crippen LogP contribution in [0.25, 0.3) is 10.9 Å². The molecule has 1 unspecified atom stereocenters. The normalized spacial score (nSPS) is 15.3. The van der Waals surface area contributed by atoms with Gasteiger partial charge in [0.05, 0.1) is 17.5 Å². The minimum atomic E-state index is -3.60. The number of sulfonamides is 1. The van der Waals surface area contributed by atoms with E-state index in [1.807, 2.05) is 6.07 Å². The van der Waals surface area contributed by atoms with Crippen LogP contribution in [0.15, 0.2) is 60.2 Å². The molecule has 0 fully saturated rings. The summed E-state index contributed by atoms with van der Waals surface area (Å²) in [7, 11) is -3.60. The van der Waals surface area contributed by atoms with Gasteiger partial charge in [-0.05, 0) is 37.1 Å². The molecule has 0 bridgehead atoms. The first-order chi connectivity index (χ1) is 15.2. The van der Waals surface area contributed by atoms with Crippen molar-refractivity contribution in [3.05, 3.63) is 70.9 Å². The van der Waals surface area contributed by atoms with E-state index in [1.54, 1.807) is 48.5 Å². The predicted molar refractivity (Wildman–Crippen MR) is 124 cm³/mol. The molecule has 0 saturated heterocycles. The molecule has 1 aromatic heterocycles. The second-order valence-corrected chi connectivity index (χ2v) is 9.68. The predicted octanol–water partition coefficient (Wildman–Crippen LogP) is 4.76. The first-order valence-electron chi connectivity index (χ1n) is 9.97. The topological polar surface area (TPSA) is 106 Å². The summed E-state index contributed by atoms with van der Waals surface area (Å²) in [6, 6.07) is 13.6. The van der Waals surface area contributed by atoms with E-state index in [-0.39, 0.29) is 27.9 Å². The number of anilines is 1. The lowest BCUT2D eigenvalue weighted by molar-refractivity contribution is -0.117. The molecule has 0 saturated carbocycles. The first-order valence-corrected chi connectivity index (χ1v) is 12.2. The van der Waals surface area contributed by atoms with Crippen LogP contribution < -0.4 is 9.46 Å². The summed E-state index contributed by atoms with van der Waals surface area (Å²) < 4.78 is 32.2. The molecule has 0 amide bonds.